The quantitative estimate of drug-likeness (QED) is 0.232. The van der Waals surface area contributed by atoms with E-state index in [2.05, 4.69) is 4.90 Å². The predicted molar refractivity (Wildman–Crippen MR) is 114 cm³/mol. The Morgan fingerprint density at radius 1 is 0.778 bits per heavy atom. The van der Waals surface area contributed by atoms with Crippen molar-refractivity contribution in [2.24, 2.45) is 0 Å². The Hall–Kier alpha value is -0.574. The van der Waals surface area contributed by atoms with Gasteiger partial charge in [0.15, 0.2) is 0 Å². The van der Waals surface area contributed by atoms with Gasteiger partial charge in [0.25, 0.3) is 0 Å². The van der Waals surface area contributed by atoms with Crippen molar-refractivity contribution in [1.29, 1.82) is 0 Å². The van der Waals surface area contributed by atoms with Crippen molar-refractivity contribution in [2.45, 2.75) is 41.5 Å². The fourth-order valence-corrected chi connectivity index (χ4v) is 1.73. The Labute approximate surface area is 184 Å². The summed E-state index contributed by atoms with van der Waals surface area (Å²) in [5.41, 5.74) is 8.05. The monoisotopic (exact) mass is 472 g/mol. The molecule has 0 unspecified atom stereocenters. The van der Waals surface area contributed by atoms with Crippen molar-refractivity contribution in [3.05, 3.63) is 28.4 Å². The van der Waals surface area contributed by atoms with Gasteiger partial charge in [0.05, 0.1) is 25.0 Å². The second kappa shape index (κ2) is 21.7. The molecule has 0 bridgehead atoms. The molecule has 0 aromatic rings. The Kier molecular flexibility index (Phi) is 27.3. The zero-order chi connectivity index (χ0) is 21.3. The first-order valence-corrected chi connectivity index (χ1v) is 9.30. The van der Waals surface area contributed by atoms with Gasteiger partial charge in [-0.1, -0.05) is 0 Å². The molecule has 0 spiro atoms. The average molecular weight is 473 g/mol. The number of halogens is 2. The molecule has 6 nitrogen and oxygen atoms in total. The topological polar surface area (TPSA) is 110 Å². The second-order valence-corrected chi connectivity index (χ2v) is 6.32. The van der Waals surface area contributed by atoms with Crippen molar-refractivity contribution in [1.82, 2.24) is 4.90 Å². The van der Waals surface area contributed by atoms with Gasteiger partial charge in [-0.15, -0.1) is 29.7 Å². The minimum Gasteiger partial charge on any atom is -0.676 e. The van der Waals surface area contributed by atoms with Gasteiger partial charge in [0, 0.05) is 24.8 Å². The van der Waals surface area contributed by atoms with Crippen molar-refractivity contribution in [3.63, 3.8) is 0 Å². The van der Waals surface area contributed by atoms with Crippen LogP contribution in [0.15, 0.2) is 22.7 Å². The molecular formula is C18H35Cl2CoN2O4+4. The molecular weight excluding hydrogens is 438 g/mol. The number of rotatable bonds is 8. The normalized spacial score (nSPS) is 11.6. The molecule has 0 aromatic heterocycles. The van der Waals surface area contributed by atoms with E-state index in [1.807, 2.05) is 0 Å². The molecule has 27 heavy (non-hydrogen) atoms. The summed E-state index contributed by atoms with van der Waals surface area (Å²) in [6, 6.07) is 0. The molecule has 0 aliphatic heterocycles. The van der Waals surface area contributed by atoms with E-state index in [0.29, 0.717) is 29.5 Å². The smallest absolute Gasteiger partial charge is 0.676 e. The number of carbonyl (C=O) groups excluding carboxylic acids is 2. The van der Waals surface area contributed by atoms with Gasteiger partial charge in [-0.05, 0) is 34.2 Å². The van der Waals surface area contributed by atoms with Crippen LogP contribution in [0.4, 0.5) is 0 Å². The van der Waals surface area contributed by atoms with Crippen molar-refractivity contribution in [3.8, 4) is 0 Å². The van der Waals surface area contributed by atoms with Crippen LogP contribution >= 0.6 is 23.2 Å². The average Bonchev–Trinajstić information content (AvgIpc) is 2.54. The maximum absolute atomic E-state index is 8.69. The molecule has 5 N–H and O–H groups in total. The SMILES string of the molecule is CC(=[OH+])/C(C)=C(/C)O.CC(=[OH+])/C(C)=C(/C)O.[Co+3].[NH-]CCN(CCCl)CCCl. The maximum Gasteiger partial charge on any atom is 3.00 e. The summed E-state index contributed by atoms with van der Waals surface area (Å²) in [6.45, 7) is 12.3. The molecule has 9 heteroatoms. The predicted octanol–water partition coefficient (Wildman–Crippen LogP) is 4.62. The number of ketones is 2. The van der Waals surface area contributed by atoms with Gasteiger partial charge in [0.2, 0.25) is 0 Å². The molecule has 0 aromatic carbocycles. The number of nitrogens with one attached hydrogen (secondary N) is 1. The Balaban J connectivity index is -0.000000146. The van der Waals surface area contributed by atoms with E-state index < -0.39 is 0 Å². The zero-order valence-electron chi connectivity index (χ0n) is 17.1. The van der Waals surface area contributed by atoms with Gasteiger partial charge in [-0.25, -0.2) is 0 Å². The molecule has 0 aliphatic carbocycles. The summed E-state index contributed by atoms with van der Waals surface area (Å²) in [6.07, 6.45) is 0. The molecule has 0 saturated heterocycles. The van der Waals surface area contributed by atoms with Gasteiger partial charge >= 0.3 is 28.3 Å². The van der Waals surface area contributed by atoms with Crippen LogP contribution in [-0.2, 0) is 16.8 Å². The third-order valence-corrected chi connectivity index (χ3v) is 3.74. The number of hydrogen-bond acceptors (Lipinski definition) is 3. The third kappa shape index (κ3) is 23.4. The maximum atomic E-state index is 8.69. The summed E-state index contributed by atoms with van der Waals surface area (Å²) in [5.74, 6) is 1.93. The van der Waals surface area contributed by atoms with Crippen LogP contribution in [0.5, 0.6) is 0 Å². The summed E-state index contributed by atoms with van der Waals surface area (Å²) >= 11 is 11.0. The van der Waals surface area contributed by atoms with E-state index in [1.54, 1.807) is 13.8 Å². The number of allylic oxidation sites excluding steroid dienone is 4. The van der Waals surface area contributed by atoms with E-state index in [-0.39, 0.29) is 39.9 Å². The van der Waals surface area contributed by atoms with Gasteiger partial charge < -0.3 is 20.8 Å². The summed E-state index contributed by atoms with van der Waals surface area (Å²) < 4.78 is 0. The van der Waals surface area contributed by atoms with E-state index in [4.69, 9.17) is 48.7 Å². The molecule has 0 atom stereocenters. The standard InChI is InChI=1S/C6H13Cl2N2.2C6H10O2.Co/c7-1-4-10(5-2-8)6-3-9;2*1-4(5(2)7)6(3)8;/h9H,1-6H2;2*7H,1-3H3;/q-1;;;+3/p+2/b;2*5-4-;. The van der Waals surface area contributed by atoms with E-state index in [1.165, 1.54) is 27.7 Å². The summed E-state index contributed by atoms with van der Waals surface area (Å²) in [4.78, 5) is 19.5. The number of alkyl halides is 2. The van der Waals surface area contributed by atoms with Crippen LogP contribution in [-0.4, -0.2) is 74.2 Å². The first kappa shape index (κ1) is 34.0. The van der Waals surface area contributed by atoms with Crippen molar-refractivity contribution < 1.29 is 36.6 Å². The van der Waals surface area contributed by atoms with Crippen LogP contribution in [0.1, 0.15) is 41.5 Å². The Morgan fingerprint density at radius 3 is 1.19 bits per heavy atom. The minimum absolute atomic E-state index is 0. The Bertz CT molecular complexity index is 428. The number of aliphatic hydroxyl groups excluding tert-OH is 2. The van der Waals surface area contributed by atoms with Crippen LogP contribution in [0.3, 0.4) is 0 Å². The fourth-order valence-electron chi connectivity index (χ4n) is 1.26. The van der Waals surface area contributed by atoms with Crippen LogP contribution in [0.2, 0.25) is 0 Å². The number of aliphatic hydroxyl groups is 2. The summed E-state index contributed by atoms with van der Waals surface area (Å²) in [7, 11) is 0. The van der Waals surface area contributed by atoms with Crippen LogP contribution in [0, 0.1) is 0 Å². The van der Waals surface area contributed by atoms with Crippen LogP contribution in [0.25, 0.3) is 5.73 Å². The van der Waals surface area contributed by atoms with Crippen molar-refractivity contribution in [2.75, 3.05) is 37.9 Å². The molecule has 0 heterocycles. The minimum atomic E-state index is 0. The molecule has 0 saturated carbocycles. The van der Waals surface area contributed by atoms with Gasteiger partial charge in [-0.3, -0.25) is 9.59 Å². The molecule has 0 rings (SSSR count). The number of hydrogen-bond donors (Lipinski definition) is 2. The summed E-state index contributed by atoms with van der Waals surface area (Å²) in [5, 5.41) is 17.4. The fraction of sp³-hybridized carbons (Fsp3) is 0.667. The van der Waals surface area contributed by atoms with E-state index in [0.717, 1.165) is 19.6 Å². The molecule has 0 fully saturated rings. The molecule has 160 valence electrons. The largest absolute Gasteiger partial charge is 3.00 e. The molecule has 0 aliphatic rings. The molecule has 0 amide bonds. The first-order chi connectivity index (χ1) is 12.0. The molecule has 0 radical (unpaired) electrons. The van der Waals surface area contributed by atoms with Crippen LogP contribution < -0.4 is 0 Å². The number of nitrogens with zero attached hydrogens (tertiary/aromatic N) is 1. The third-order valence-electron chi connectivity index (χ3n) is 3.40. The van der Waals surface area contributed by atoms with Gasteiger partial charge in [0.1, 0.15) is 11.5 Å². The first-order valence-electron chi connectivity index (χ1n) is 8.23. The van der Waals surface area contributed by atoms with Crippen molar-refractivity contribution >= 4 is 34.8 Å². The van der Waals surface area contributed by atoms with Gasteiger partial charge in [-0.2, -0.15) is 0 Å². The zero-order valence-corrected chi connectivity index (χ0v) is 19.6. The van der Waals surface area contributed by atoms with E-state index in [9.17, 15) is 0 Å². The van der Waals surface area contributed by atoms with E-state index >= 15 is 0 Å². The second-order valence-electron chi connectivity index (χ2n) is 5.56. The Morgan fingerprint density at radius 2 is 1.07 bits per heavy atom.